The standard InChI is InChI=1S/C20H20FN3O3S/c21-16-8-6-15(7-9-16)12-17-13-23-20(27-17)19-5-1-2-11-24(19)28(25,26)18-4-3-10-22-14-18/h3-4,6-10,13-14,19H,1-2,5,11-12H2. The lowest BCUT2D eigenvalue weighted by Crippen LogP contribution is -2.38. The van der Waals surface area contributed by atoms with Gasteiger partial charge >= 0.3 is 0 Å². The summed E-state index contributed by atoms with van der Waals surface area (Å²) in [6.07, 6.45) is 7.32. The minimum atomic E-state index is -3.68. The van der Waals surface area contributed by atoms with E-state index in [2.05, 4.69) is 9.97 Å². The average Bonchev–Trinajstić information content (AvgIpc) is 3.19. The molecule has 0 aliphatic carbocycles. The summed E-state index contributed by atoms with van der Waals surface area (Å²) in [5, 5.41) is 0. The van der Waals surface area contributed by atoms with E-state index in [9.17, 15) is 12.8 Å². The molecule has 4 rings (SSSR count). The van der Waals surface area contributed by atoms with E-state index in [1.54, 1.807) is 36.7 Å². The van der Waals surface area contributed by atoms with Gasteiger partial charge in [-0.1, -0.05) is 18.6 Å². The van der Waals surface area contributed by atoms with E-state index in [1.165, 1.54) is 22.6 Å². The van der Waals surface area contributed by atoms with Crippen molar-refractivity contribution in [3.8, 4) is 0 Å². The van der Waals surface area contributed by atoms with Crippen molar-refractivity contribution in [1.29, 1.82) is 0 Å². The van der Waals surface area contributed by atoms with Gasteiger partial charge in [0.05, 0.1) is 6.20 Å². The molecule has 0 radical (unpaired) electrons. The summed E-state index contributed by atoms with van der Waals surface area (Å²) >= 11 is 0. The van der Waals surface area contributed by atoms with E-state index in [4.69, 9.17) is 4.42 Å². The number of halogens is 1. The Morgan fingerprint density at radius 3 is 2.71 bits per heavy atom. The molecular weight excluding hydrogens is 381 g/mol. The van der Waals surface area contributed by atoms with Gasteiger partial charge in [-0.3, -0.25) is 4.98 Å². The zero-order valence-electron chi connectivity index (χ0n) is 15.2. The van der Waals surface area contributed by atoms with Gasteiger partial charge in [0.1, 0.15) is 22.5 Å². The molecule has 1 saturated heterocycles. The van der Waals surface area contributed by atoms with Crippen molar-refractivity contribution >= 4 is 10.0 Å². The molecule has 3 heterocycles. The smallest absolute Gasteiger partial charge is 0.245 e. The maximum Gasteiger partial charge on any atom is 0.245 e. The fourth-order valence-corrected chi connectivity index (χ4v) is 5.05. The fourth-order valence-electron chi connectivity index (χ4n) is 3.44. The molecule has 1 unspecified atom stereocenters. The van der Waals surface area contributed by atoms with Gasteiger partial charge in [-0.25, -0.2) is 17.8 Å². The minimum Gasteiger partial charge on any atom is -0.444 e. The van der Waals surface area contributed by atoms with Crippen molar-refractivity contribution in [3.05, 3.63) is 78.0 Å². The number of pyridine rings is 1. The van der Waals surface area contributed by atoms with Crippen LogP contribution in [0.25, 0.3) is 0 Å². The Kier molecular flexibility index (Phi) is 5.23. The van der Waals surface area contributed by atoms with Gasteiger partial charge in [-0.15, -0.1) is 0 Å². The Hall–Kier alpha value is -2.58. The molecule has 0 spiro atoms. The molecule has 1 aliphatic rings. The van der Waals surface area contributed by atoms with Crippen molar-refractivity contribution in [2.24, 2.45) is 0 Å². The molecule has 2 aromatic heterocycles. The second-order valence-electron chi connectivity index (χ2n) is 6.78. The molecular formula is C20H20FN3O3S. The number of rotatable bonds is 5. The maximum absolute atomic E-state index is 13.1. The molecule has 1 atom stereocenters. The number of nitrogens with zero attached hydrogens (tertiary/aromatic N) is 3. The highest BCUT2D eigenvalue weighted by Crippen LogP contribution is 2.35. The number of sulfonamides is 1. The lowest BCUT2D eigenvalue weighted by atomic mass is 10.1. The maximum atomic E-state index is 13.1. The van der Waals surface area contributed by atoms with E-state index in [1.807, 2.05) is 0 Å². The van der Waals surface area contributed by atoms with Gasteiger partial charge < -0.3 is 4.42 Å². The number of hydrogen-bond acceptors (Lipinski definition) is 5. The summed E-state index contributed by atoms with van der Waals surface area (Å²) in [7, 11) is -3.68. The molecule has 28 heavy (non-hydrogen) atoms. The Balaban J connectivity index is 1.58. The van der Waals surface area contributed by atoms with Crippen LogP contribution in [0.15, 0.2) is 64.3 Å². The number of benzene rings is 1. The van der Waals surface area contributed by atoms with Crippen LogP contribution in [0.2, 0.25) is 0 Å². The van der Waals surface area contributed by atoms with Crippen LogP contribution in [0.3, 0.4) is 0 Å². The third-order valence-corrected chi connectivity index (χ3v) is 6.73. The number of oxazole rings is 1. The van der Waals surface area contributed by atoms with Crippen LogP contribution in [0, 0.1) is 5.82 Å². The van der Waals surface area contributed by atoms with Crippen molar-refractivity contribution in [2.45, 2.75) is 36.6 Å². The van der Waals surface area contributed by atoms with Crippen molar-refractivity contribution in [1.82, 2.24) is 14.3 Å². The average molecular weight is 401 g/mol. The highest BCUT2D eigenvalue weighted by molar-refractivity contribution is 7.89. The van der Waals surface area contributed by atoms with E-state index >= 15 is 0 Å². The first-order valence-corrected chi connectivity index (χ1v) is 10.6. The van der Waals surface area contributed by atoms with Crippen LogP contribution < -0.4 is 0 Å². The fraction of sp³-hybridized carbons (Fsp3) is 0.300. The first-order valence-electron chi connectivity index (χ1n) is 9.15. The largest absolute Gasteiger partial charge is 0.444 e. The molecule has 3 aromatic rings. The van der Waals surface area contributed by atoms with Crippen molar-refractivity contribution < 1.29 is 17.2 Å². The van der Waals surface area contributed by atoms with Gasteiger partial charge in [0.2, 0.25) is 15.9 Å². The number of hydrogen-bond donors (Lipinski definition) is 0. The first kappa shape index (κ1) is 18.8. The summed E-state index contributed by atoms with van der Waals surface area (Å²) < 4.78 is 46.6. The summed E-state index contributed by atoms with van der Waals surface area (Å²) in [5.74, 6) is 0.718. The van der Waals surface area contributed by atoms with Crippen LogP contribution in [0.1, 0.15) is 42.5 Å². The lowest BCUT2D eigenvalue weighted by molar-refractivity contribution is 0.216. The second kappa shape index (κ2) is 7.81. The van der Waals surface area contributed by atoms with Crippen LogP contribution >= 0.6 is 0 Å². The second-order valence-corrected chi connectivity index (χ2v) is 8.67. The third kappa shape index (κ3) is 3.83. The van der Waals surface area contributed by atoms with E-state index in [0.29, 0.717) is 31.0 Å². The van der Waals surface area contributed by atoms with Gasteiger partial charge in [0.15, 0.2) is 0 Å². The Bertz CT molecular complexity index is 1040. The molecule has 1 aliphatic heterocycles. The summed E-state index contributed by atoms with van der Waals surface area (Å²) in [6.45, 7) is 0.414. The zero-order valence-corrected chi connectivity index (χ0v) is 16.0. The Labute approximate surface area is 163 Å². The third-order valence-electron chi connectivity index (χ3n) is 4.84. The summed E-state index contributed by atoms with van der Waals surface area (Å²) in [5.41, 5.74) is 0.896. The lowest BCUT2D eigenvalue weighted by Gasteiger charge is -2.32. The summed E-state index contributed by atoms with van der Waals surface area (Å²) in [6, 6.07) is 8.89. The molecule has 146 valence electrons. The predicted octanol–water partition coefficient (Wildman–Crippen LogP) is 3.72. The zero-order chi connectivity index (χ0) is 19.6. The molecule has 0 N–H and O–H groups in total. The Morgan fingerprint density at radius 1 is 1.14 bits per heavy atom. The van der Waals surface area contributed by atoms with Gasteiger partial charge in [0, 0.05) is 25.4 Å². The molecule has 0 amide bonds. The SMILES string of the molecule is O=S(=O)(c1cccnc1)N1CCCCC1c1ncc(Cc2ccc(F)cc2)o1. The first-order chi connectivity index (χ1) is 13.5. The molecule has 1 fully saturated rings. The molecule has 6 nitrogen and oxygen atoms in total. The topological polar surface area (TPSA) is 76.3 Å². The number of aromatic nitrogens is 2. The monoisotopic (exact) mass is 401 g/mol. The highest BCUT2D eigenvalue weighted by Gasteiger charge is 2.37. The van der Waals surface area contributed by atoms with E-state index in [-0.39, 0.29) is 10.7 Å². The van der Waals surface area contributed by atoms with Gasteiger partial charge in [0.25, 0.3) is 0 Å². The van der Waals surface area contributed by atoms with Gasteiger partial charge in [-0.05, 0) is 42.7 Å². The number of piperidine rings is 1. The molecule has 1 aromatic carbocycles. The minimum absolute atomic E-state index is 0.167. The molecule has 0 saturated carbocycles. The predicted molar refractivity (Wildman–Crippen MR) is 100 cm³/mol. The van der Waals surface area contributed by atoms with E-state index < -0.39 is 16.1 Å². The van der Waals surface area contributed by atoms with Crippen molar-refractivity contribution in [3.63, 3.8) is 0 Å². The van der Waals surface area contributed by atoms with E-state index in [0.717, 1.165) is 18.4 Å². The highest BCUT2D eigenvalue weighted by atomic mass is 32.2. The Morgan fingerprint density at radius 2 is 1.96 bits per heavy atom. The molecule has 0 bridgehead atoms. The van der Waals surface area contributed by atoms with Crippen LogP contribution in [0.5, 0.6) is 0 Å². The van der Waals surface area contributed by atoms with Gasteiger partial charge in [-0.2, -0.15) is 4.31 Å². The quantitative estimate of drug-likeness (QED) is 0.651. The van der Waals surface area contributed by atoms with Crippen LogP contribution in [-0.2, 0) is 16.4 Å². The van der Waals surface area contributed by atoms with Crippen LogP contribution in [-0.4, -0.2) is 29.2 Å². The molecule has 8 heteroatoms. The normalized spacial score (nSPS) is 18.2. The van der Waals surface area contributed by atoms with Crippen LogP contribution in [0.4, 0.5) is 4.39 Å². The van der Waals surface area contributed by atoms with Crippen molar-refractivity contribution in [2.75, 3.05) is 6.54 Å². The summed E-state index contributed by atoms with van der Waals surface area (Å²) in [4.78, 5) is 8.44.